The first-order valence-corrected chi connectivity index (χ1v) is 7.07. The van der Waals surface area contributed by atoms with E-state index in [1.807, 2.05) is 0 Å². The maximum atomic E-state index is 12.6. The lowest BCUT2D eigenvalue weighted by Gasteiger charge is -2.31. The first kappa shape index (κ1) is 13.7. The van der Waals surface area contributed by atoms with Gasteiger partial charge in [-0.25, -0.2) is 0 Å². The van der Waals surface area contributed by atoms with Gasteiger partial charge < -0.3 is 19.5 Å². The molecule has 1 fully saturated rings. The Morgan fingerprint density at radius 3 is 2.57 bits per heavy atom. The molecule has 0 unspecified atom stereocenters. The Morgan fingerprint density at radius 1 is 1.14 bits per heavy atom. The molecular formula is C15H17NO5. The van der Waals surface area contributed by atoms with Crippen molar-refractivity contribution >= 4 is 11.9 Å². The zero-order chi connectivity index (χ0) is 14.8. The summed E-state index contributed by atoms with van der Waals surface area (Å²) in [5.41, 5.74) is 0.487. The van der Waals surface area contributed by atoms with Gasteiger partial charge in [0.15, 0.2) is 11.5 Å². The average molecular weight is 291 g/mol. The second kappa shape index (κ2) is 5.63. The number of aliphatic carboxylic acids is 1. The van der Waals surface area contributed by atoms with Gasteiger partial charge in [-0.2, -0.15) is 0 Å². The van der Waals surface area contributed by atoms with Crippen molar-refractivity contribution in [1.82, 2.24) is 4.90 Å². The second-order valence-corrected chi connectivity index (χ2v) is 5.23. The van der Waals surface area contributed by atoms with Crippen molar-refractivity contribution in [3.8, 4) is 11.5 Å². The number of nitrogens with zero attached hydrogens (tertiary/aromatic N) is 1. The van der Waals surface area contributed by atoms with Crippen LogP contribution in [0, 0.1) is 5.92 Å². The van der Waals surface area contributed by atoms with Crippen molar-refractivity contribution < 1.29 is 24.2 Å². The highest BCUT2D eigenvalue weighted by Crippen LogP contribution is 2.34. The minimum Gasteiger partial charge on any atom is -0.486 e. The van der Waals surface area contributed by atoms with Crippen LogP contribution in [0.5, 0.6) is 11.5 Å². The lowest BCUT2D eigenvalue weighted by molar-refractivity contribution is -0.143. The van der Waals surface area contributed by atoms with E-state index in [0.717, 1.165) is 0 Å². The molecule has 1 saturated heterocycles. The van der Waals surface area contributed by atoms with E-state index < -0.39 is 5.97 Å². The molecule has 1 aromatic rings. The zero-order valence-electron chi connectivity index (χ0n) is 11.6. The van der Waals surface area contributed by atoms with Crippen molar-refractivity contribution in [3.63, 3.8) is 0 Å². The van der Waals surface area contributed by atoms with Crippen LogP contribution in [-0.2, 0) is 4.79 Å². The van der Waals surface area contributed by atoms with Gasteiger partial charge in [0.05, 0.1) is 11.5 Å². The molecule has 2 heterocycles. The number of fused-ring (bicyclic) bond motifs is 1. The van der Waals surface area contributed by atoms with Gasteiger partial charge >= 0.3 is 5.97 Å². The Bertz CT molecular complexity index is 563. The van der Waals surface area contributed by atoms with Gasteiger partial charge in [0.25, 0.3) is 5.91 Å². The van der Waals surface area contributed by atoms with E-state index in [9.17, 15) is 9.59 Å². The lowest BCUT2D eigenvalue weighted by atomic mass is 9.96. The Balaban J connectivity index is 1.76. The molecule has 0 aromatic heterocycles. The van der Waals surface area contributed by atoms with Gasteiger partial charge in [0.2, 0.25) is 0 Å². The minimum atomic E-state index is -0.782. The maximum absolute atomic E-state index is 12.6. The molecule has 0 radical (unpaired) electrons. The van der Waals surface area contributed by atoms with Crippen molar-refractivity contribution in [3.05, 3.63) is 23.8 Å². The van der Waals surface area contributed by atoms with Crippen molar-refractivity contribution in [1.29, 1.82) is 0 Å². The van der Waals surface area contributed by atoms with Gasteiger partial charge in [-0.3, -0.25) is 9.59 Å². The van der Waals surface area contributed by atoms with Crippen LogP contribution in [0.15, 0.2) is 18.2 Å². The fourth-order valence-electron chi connectivity index (χ4n) is 2.74. The molecule has 0 bridgehead atoms. The number of piperidine rings is 1. The number of amides is 1. The van der Waals surface area contributed by atoms with Crippen molar-refractivity contribution in [2.75, 3.05) is 26.3 Å². The molecule has 0 atom stereocenters. The quantitative estimate of drug-likeness (QED) is 0.891. The number of hydrogen-bond acceptors (Lipinski definition) is 4. The molecular weight excluding hydrogens is 274 g/mol. The average Bonchev–Trinajstić information content (AvgIpc) is 2.53. The van der Waals surface area contributed by atoms with Crippen LogP contribution in [0.3, 0.4) is 0 Å². The largest absolute Gasteiger partial charge is 0.486 e. The predicted molar refractivity (Wildman–Crippen MR) is 73.7 cm³/mol. The zero-order valence-corrected chi connectivity index (χ0v) is 11.6. The predicted octanol–water partition coefficient (Wildman–Crippen LogP) is 1.39. The molecule has 0 spiro atoms. The van der Waals surface area contributed by atoms with E-state index in [4.69, 9.17) is 14.6 Å². The smallest absolute Gasteiger partial charge is 0.306 e. The van der Waals surface area contributed by atoms with Crippen LogP contribution in [-0.4, -0.2) is 48.2 Å². The Hall–Kier alpha value is -2.24. The van der Waals surface area contributed by atoms with Crippen LogP contribution < -0.4 is 9.47 Å². The normalized spacial score (nSPS) is 18.4. The number of hydrogen-bond donors (Lipinski definition) is 1. The maximum Gasteiger partial charge on any atom is 0.306 e. The Morgan fingerprint density at radius 2 is 1.86 bits per heavy atom. The summed E-state index contributed by atoms with van der Waals surface area (Å²) in [4.78, 5) is 25.2. The Kier molecular flexibility index (Phi) is 3.68. The molecule has 1 aromatic carbocycles. The van der Waals surface area contributed by atoms with E-state index in [0.29, 0.717) is 56.2 Å². The van der Waals surface area contributed by atoms with Crippen LogP contribution in [0.25, 0.3) is 0 Å². The van der Waals surface area contributed by atoms with Gasteiger partial charge in [0.1, 0.15) is 13.2 Å². The third-order valence-electron chi connectivity index (χ3n) is 3.93. The molecule has 1 amide bonds. The molecule has 0 aliphatic carbocycles. The summed E-state index contributed by atoms with van der Waals surface area (Å²) in [7, 11) is 0. The second-order valence-electron chi connectivity index (χ2n) is 5.23. The van der Waals surface area contributed by atoms with E-state index in [1.54, 1.807) is 23.1 Å². The molecule has 2 aliphatic heterocycles. The van der Waals surface area contributed by atoms with Gasteiger partial charge in [-0.1, -0.05) is 6.07 Å². The monoisotopic (exact) mass is 291 g/mol. The highest BCUT2D eigenvalue weighted by Gasteiger charge is 2.30. The molecule has 6 heteroatoms. The van der Waals surface area contributed by atoms with E-state index in [-0.39, 0.29) is 11.8 Å². The first-order valence-electron chi connectivity index (χ1n) is 7.07. The first-order chi connectivity index (χ1) is 10.2. The van der Waals surface area contributed by atoms with Crippen molar-refractivity contribution in [2.45, 2.75) is 12.8 Å². The van der Waals surface area contributed by atoms with E-state index >= 15 is 0 Å². The fraction of sp³-hybridized carbons (Fsp3) is 0.467. The third-order valence-corrected chi connectivity index (χ3v) is 3.93. The summed E-state index contributed by atoms with van der Waals surface area (Å²) >= 11 is 0. The van der Waals surface area contributed by atoms with Crippen LogP contribution in [0.2, 0.25) is 0 Å². The van der Waals surface area contributed by atoms with E-state index in [2.05, 4.69) is 0 Å². The number of carboxylic acid groups (broad SMARTS) is 1. The topological polar surface area (TPSA) is 76.1 Å². The molecule has 1 N–H and O–H groups in total. The van der Waals surface area contributed by atoms with Crippen LogP contribution in [0.4, 0.5) is 0 Å². The number of likely N-dealkylation sites (tertiary alicyclic amines) is 1. The van der Waals surface area contributed by atoms with Crippen LogP contribution >= 0.6 is 0 Å². The third kappa shape index (κ3) is 2.66. The number of rotatable bonds is 2. The summed E-state index contributed by atoms with van der Waals surface area (Å²) in [6.07, 6.45) is 0.987. The van der Waals surface area contributed by atoms with E-state index in [1.165, 1.54) is 0 Å². The lowest BCUT2D eigenvalue weighted by Crippen LogP contribution is -2.40. The molecule has 2 aliphatic rings. The van der Waals surface area contributed by atoms with Gasteiger partial charge in [0, 0.05) is 13.1 Å². The highest BCUT2D eigenvalue weighted by atomic mass is 16.6. The standard InChI is InChI=1S/C15H17NO5/c17-14(16-6-4-10(5-7-16)15(18)19)11-2-1-3-12-13(11)21-9-8-20-12/h1-3,10H,4-9H2,(H,18,19). The summed E-state index contributed by atoms with van der Waals surface area (Å²) < 4.78 is 11.0. The number of carbonyl (C=O) groups excluding carboxylic acids is 1. The van der Waals surface area contributed by atoms with Crippen LogP contribution in [0.1, 0.15) is 23.2 Å². The van der Waals surface area contributed by atoms with Crippen molar-refractivity contribution in [2.24, 2.45) is 5.92 Å². The number of carbonyl (C=O) groups is 2. The van der Waals surface area contributed by atoms with Gasteiger partial charge in [-0.15, -0.1) is 0 Å². The number of benzene rings is 1. The fourth-order valence-corrected chi connectivity index (χ4v) is 2.74. The minimum absolute atomic E-state index is 0.124. The summed E-state index contributed by atoms with van der Waals surface area (Å²) in [6.45, 7) is 1.83. The summed E-state index contributed by atoms with van der Waals surface area (Å²) in [5, 5.41) is 9.00. The summed E-state index contributed by atoms with van der Waals surface area (Å²) in [5.74, 6) is -0.169. The number of para-hydroxylation sites is 1. The Labute approximate surface area is 122 Å². The molecule has 3 rings (SSSR count). The summed E-state index contributed by atoms with van der Waals surface area (Å²) in [6, 6.07) is 5.27. The molecule has 112 valence electrons. The molecule has 0 saturated carbocycles. The number of carboxylic acids is 1. The molecule has 6 nitrogen and oxygen atoms in total. The molecule has 21 heavy (non-hydrogen) atoms. The van der Waals surface area contributed by atoms with Gasteiger partial charge in [-0.05, 0) is 25.0 Å². The number of ether oxygens (including phenoxy) is 2. The SMILES string of the molecule is O=C(O)C1CCN(C(=O)c2cccc3c2OCCO3)CC1. The highest BCUT2D eigenvalue weighted by molar-refractivity contribution is 5.98.